The number of aliphatic hydroxyl groups is 4. The van der Waals surface area contributed by atoms with Crippen LogP contribution in [0.25, 0.3) is 0 Å². The third-order valence-corrected chi connectivity index (χ3v) is 2.94. The monoisotopic (exact) mass is 204 g/mol. The molecule has 2 rings (SSSR count). The van der Waals surface area contributed by atoms with Crippen LogP contribution in [0, 0.1) is 11.8 Å². The van der Waals surface area contributed by atoms with Crippen molar-refractivity contribution >= 4 is 0 Å². The highest BCUT2D eigenvalue weighted by Crippen LogP contribution is 2.26. The van der Waals surface area contributed by atoms with E-state index in [1.165, 1.54) is 0 Å². The van der Waals surface area contributed by atoms with E-state index in [1.54, 1.807) is 0 Å². The molecule has 0 unspecified atom stereocenters. The largest absolute Gasteiger partial charge is 0.396 e. The summed E-state index contributed by atoms with van der Waals surface area (Å²) in [5.74, 6) is 0.796. The SMILES string of the molecule is OCC1CC(O)C1.OCC1CC(O)C1. The smallest absolute Gasteiger partial charge is 0.0547 e. The zero-order chi connectivity index (χ0) is 10.6. The molecule has 0 amide bonds. The van der Waals surface area contributed by atoms with E-state index in [-0.39, 0.29) is 25.4 Å². The molecular formula is C10H20O4. The highest BCUT2D eigenvalue weighted by Gasteiger charge is 2.26. The first-order chi connectivity index (χ1) is 6.65. The number of hydrogen-bond acceptors (Lipinski definition) is 4. The molecule has 14 heavy (non-hydrogen) atoms. The second-order valence-corrected chi connectivity index (χ2v) is 4.35. The molecule has 4 N–H and O–H groups in total. The lowest BCUT2D eigenvalue weighted by Crippen LogP contribution is -2.30. The van der Waals surface area contributed by atoms with Gasteiger partial charge in [0.15, 0.2) is 0 Å². The highest BCUT2D eigenvalue weighted by molar-refractivity contribution is 4.77. The maximum Gasteiger partial charge on any atom is 0.0547 e. The summed E-state index contributed by atoms with van der Waals surface area (Å²) in [6.07, 6.45) is 2.98. The fraction of sp³-hybridized carbons (Fsp3) is 1.00. The Morgan fingerprint density at radius 3 is 1.07 bits per heavy atom. The number of aliphatic hydroxyl groups excluding tert-OH is 4. The Labute approximate surface area is 84.2 Å². The minimum absolute atomic E-state index is 0.114. The Bertz CT molecular complexity index is 132. The predicted octanol–water partition coefficient (Wildman–Crippen LogP) is -0.501. The van der Waals surface area contributed by atoms with Crippen molar-refractivity contribution in [1.29, 1.82) is 0 Å². The van der Waals surface area contributed by atoms with E-state index < -0.39 is 0 Å². The Balaban J connectivity index is 0.000000140. The maximum absolute atomic E-state index is 8.64. The maximum atomic E-state index is 8.64. The van der Waals surface area contributed by atoms with Crippen molar-refractivity contribution in [3.8, 4) is 0 Å². The average molecular weight is 204 g/mol. The van der Waals surface area contributed by atoms with Gasteiger partial charge in [-0.05, 0) is 37.5 Å². The van der Waals surface area contributed by atoms with Gasteiger partial charge in [0, 0.05) is 13.2 Å². The minimum atomic E-state index is -0.114. The summed E-state index contributed by atoms with van der Waals surface area (Å²) in [7, 11) is 0. The first-order valence-corrected chi connectivity index (χ1v) is 5.23. The topological polar surface area (TPSA) is 80.9 Å². The van der Waals surface area contributed by atoms with Crippen LogP contribution in [0.3, 0.4) is 0 Å². The minimum Gasteiger partial charge on any atom is -0.396 e. The highest BCUT2D eigenvalue weighted by atomic mass is 16.3. The molecule has 4 nitrogen and oxygen atoms in total. The fourth-order valence-corrected chi connectivity index (χ4v) is 1.70. The van der Waals surface area contributed by atoms with Gasteiger partial charge < -0.3 is 20.4 Å². The Morgan fingerprint density at radius 2 is 1.00 bits per heavy atom. The lowest BCUT2D eigenvalue weighted by atomic mass is 9.83. The second-order valence-electron chi connectivity index (χ2n) is 4.35. The standard InChI is InChI=1S/2C5H10O2/c2*6-3-4-1-5(7)2-4/h2*4-7H,1-3H2. The van der Waals surface area contributed by atoms with E-state index >= 15 is 0 Å². The number of rotatable bonds is 2. The molecule has 2 saturated carbocycles. The van der Waals surface area contributed by atoms with E-state index in [2.05, 4.69) is 0 Å². The molecule has 0 aromatic carbocycles. The van der Waals surface area contributed by atoms with Crippen LogP contribution >= 0.6 is 0 Å². The summed E-state index contributed by atoms with van der Waals surface area (Å²) < 4.78 is 0. The lowest BCUT2D eigenvalue weighted by molar-refractivity contribution is 0.0148. The Morgan fingerprint density at radius 1 is 0.714 bits per heavy atom. The summed E-state index contributed by atoms with van der Waals surface area (Å²) in [5, 5.41) is 34.1. The van der Waals surface area contributed by atoms with Gasteiger partial charge in [-0.2, -0.15) is 0 Å². The van der Waals surface area contributed by atoms with Crippen LogP contribution in [0.1, 0.15) is 25.7 Å². The number of hydrogen-bond donors (Lipinski definition) is 4. The van der Waals surface area contributed by atoms with Crippen molar-refractivity contribution in [1.82, 2.24) is 0 Å². The molecule has 2 aliphatic rings. The zero-order valence-corrected chi connectivity index (χ0v) is 8.34. The molecule has 0 heterocycles. The van der Waals surface area contributed by atoms with Gasteiger partial charge in [0.1, 0.15) is 0 Å². The van der Waals surface area contributed by atoms with Gasteiger partial charge in [-0.1, -0.05) is 0 Å². The molecule has 0 saturated heterocycles. The molecule has 0 bridgehead atoms. The van der Waals surface area contributed by atoms with Crippen LogP contribution in [0.4, 0.5) is 0 Å². The van der Waals surface area contributed by atoms with E-state index in [1.807, 2.05) is 0 Å². The average Bonchev–Trinajstić information content (AvgIpc) is 2.08. The van der Waals surface area contributed by atoms with Crippen LogP contribution in [-0.2, 0) is 0 Å². The van der Waals surface area contributed by atoms with Crippen molar-refractivity contribution in [2.75, 3.05) is 13.2 Å². The molecular weight excluding hydrogens is 184 g/mol. The zero-order valence-electron chi connectivity index (χ0n) is 8.34. The first kappa shape index (κ1) is 11.9. The van der Waals surface area contributed by atoms with Gasteiger partial charge in [0.05, 0.1) is 12.2 Å². The van der Waals surface area contributed by atoms with Crippen molar-refractivity contribution < 1.29 is 20.4 Å². The normalized spacial score (nSPS) is 40.3. The van der Waals surface area contributed by atoms with Gasteiger partial charge in [0.2, 0.25) is 0 Å². The summed E-state index contributed by atoms with van der Waals surface area (Å²) in [6.45, 7) is 0.494. The predicted molar refractivity (Wildman–Crippen MR) is 51.6 cm³/mol. The summed E-state index contributed by atoms with van der Waals surface area (Å²) in [6, 6.07) is 0. The van der Waals surface area contributed by atoms with E-state index in [9.17, 15) is 0 Å². The second kappa shape index (κ2) is 5.66. The molecule has 0 aromatic rings. The molecule has 2 aliphatic carbocycles. The third kappa shape index (κ3) is 3.53. The van der Waals surface area contributed by atoms with Crippen LogP contribution in [0.5, 0.6) is 0 Å². The van der Waals surface area contributed by atoms with Gasteiger partial charge in [0.25, 0.3) is 0 Å². The van der Waals surface area contributed by atoms with Crippen LogP contribution in [0.2, 0.25) is 0 Å². The third-order valence-electron chi connectivity index (χ3n) is 2.94. The van der Waals surface area contributed by atoms with Crippen molar-refractivity contribution in [3.05, 3.63) is 0 Å². The van der Waals surface area contributed by atoms with E-state index in [0.717, 1.165) is 25.7 Å². The van der Waals surface area contributed by atoms with Crippen molar-refractivity contribution in [2.45, 2.75) is 37.9 Å². The van der Waals surface area contributed by atoms with Gasteiger partial charge in [-0.25, -0.2) is 0 Å². The molecule has 0 aliphatic heterocycles. The first-order valence-electron chi connectivity index (χ1n) is 5.23. The van der Waals surface area contributed by atoms with E-state index in [4.69, 9.17) is 20.4 Å². The molecule has 84 valence electrons. The molecule has 2 fully saturated rings. The Hall–Kier alpha value is -0.160. The van der Waals surface area contributed by atoms with Crippen LogP contribution in [0.15, 0.2) is 0 Å². The van der Waals surface area contributed by atoms with E-state index in [0.29, 0.717) is 11.8 Å². The van der Waals surface area contributed by atoms with Gasteiger partial charge in [-0.15, -0.1) is 0 Å². The molecule has 0 atom stereocenters. The lowest BCUT2D eigenvalue weighted by Gasteiger charge is -2.29. The Kier molecular flexibility index (Phi) is 4.81. The van der Waals surface area contributed by atoms with Crippen LogP contribution in [-0.4, -0.2) is 45.8 Å². The van der Waals surface area contributed by atoms with Gasteiger partial charge in [-0.3, -0.25) is 0 Å². The van der Waals surface area contributed by atoms with Crippen molar-refractivity contribution in [3.63, 3.8) is 0 Å². The van der Waals surface area contributed by atoms with Crippen molar-refractivity contribution in [2.24, 2.45) is 11.8 Å². The molecule has 0 aromatic heterocycles. The fourth-order valence-electron chi connectivity index (χ4n) is 1.70. The molecule has 0 radical (unpaired) electrons. The van der Waals surface area contributed by atoms with Crippen LogP contribution < -0.4 is 0 Å². The molecule has 4 heteroatoms. The quantitative estimate of drug-likeness (QED) is 0.489. The summed E-state index contributed by atoms with van der Waals surface area (Å²) in [5.41, 5.74) is 0. The summed E-state index contributed by atoms with van der Waals surface area (Å²) in [4.78, 5) is 0. The van der Waals surface area contributed by atoms with Gasteiger partial charge >= 0.3 is 0 Å². The summed E-state index contributed by atoms with van der Waals surface area (Å²) >= 11 is 0. The molecule has 0 spiro atoms.